The van der Waals surface area contributed by atoms with Gasteiger partial charge in [0.05, 0.1) is 23.6 Å². The topological polar surface area (TPSA) is 147 Å². The number of nitrogens with zero attached hydrogens (tertiary/aromatic N) is 1. The Labute approximate surface area is 191 Å². The summed E-state index contributed by atoms with van der Waals surface area (Å²) in [5.41, 5.74) is 1.55. The summed E-state index contributed by atoms with van der Waals surface area (Å²) in [4.78, 5) is 39.6. The minimum atomic E-state index is -3.91. The normalized spacial score (nSPS) is 14.6. The number of anilines is 1. The molecule has 0 atom stereocenters. The zero-order valence-electron chi connectivity index (χ0n) is 18.6. The Balaban J connectivity index is 1.78. The lowest BCUT2D eigenvalue weighted by Gasteiger charge is -2.26. The number of ether oxygens (including phenoxy) is 2. The summed E-state index contributed by atoms with van der Waals surface area (Å²) in [6.45, 7) is 3.74. The lowest BCUT2D eigenvalue weighted by molar-refractivity contribution is -0.122. The van der Waals surface area contributed by atoms with Crippen LogP contribution in [-0.2, 0) is 24.3 Å². The summed E-state index contributed by atoms with van der Waals surface area (Å²) < 4.78 is 36.9. The van der Waals surface area contributed by atoms with E-state index in [4.69, 9.17) is 9.47 Å². The van der Waals surface area contributed by atoms with E-state index in [1.54, 1.807) is 19.9 Å². The Morgan fingerprint density at radius 3 is 2.67 bits per heavy atom. The molecule has 0 saturated carbocycles. The molecule has 1 fully saturated rings. The predicted molar refractivity (Wildman–Crippen MR) is 119 cm³/mol. The Kier molecular flexibility index (Phi) is 7.51. The second-order valence-electron chi connectivity index (χ2n) is 7.42. The van der Waals surface area contributed by atoms with E-state index >= 15 is 0 Å². The highest BCUT2D eigenvalue weighted by Gasteiger charge is 2.29. The second-order valence-corrected chi connectivity index (χ2v) is 9.36. The van der Waals surface area contributed by atoms with Crippen LogP contribution in [0.4, 0.5) is 5.69 Å². The molecule has 33 heavy (non-hydrogen) atoms. The molecule has 1 aromatic carbocycles. The van der Waals surface area contributed by atoms with Crippen molar-refractivity contribution in [3.8, 4) is 0 Å². The van der Waals surface area contributed by atoms with Gasteiger partial charge in [-0.05, 0) is 37.6 Å². The summed E-state index contributed by atoms with van der Waals surface area (Å²) in [5.74, 6) is -1.49. The highest BCUT2D eigenvalue weighted by atomic mass is 32.2. The van der Waals surface area contributed by atoms with E-state index in [1.165, 1.54) is 25.3 Å². The first kappa shape index (κ1) is 24.4. The average molecular weight is 479 g/mol. The maximum absolute atomic E-state index is 12.9. The quantitative estimate of drug-likeness (QED) is 0.376. The summed E-state index contributed by atoms with van der Waals surface area (Å²) in [5, 5.41) is 5.23. The van der Waals surface area contributed by atoms with Crippen LogP contribution < -0.4 is 10.6 Å². The van der Waals surface area contributed by atoms with Crippen molar-refractivity contribution in [1.29, 1.82) is 0 Å². The molecule has 2 heterocycles. The number of carbonyl (C=O) groups excluding carboxylic acids is 3. The molecule has 1 saturated heterocycles. The van der Waals surface area contributed by atoms with Gasteiger partial charge < -0.3 is 25.1 Å². The van der Waals surface area contributed by atoms with Gasteiger partial charge in [-0.15, -0.1) is 0 Å². The van der Waals surface area contributed by atoms with Crippen molar-refractivity contribution >= 4 is 33.5 Å². The van der Waals surface area contributed by atoms with Crippen LogP contribution in [0.1, 0.15) is 32.1 Å². The number of carbonyl (C=O) groups is 3. The molecule has 0 spiro atoms. The molecule has 2 amide bonds. The number of aromatic nitrogens is 1. The number of esters is 1. The van der Waals surface area contributed by atoms with Gasteiger partial charge in [0.1, 0.15) is 12.3 Å². The van der Waals surface area contributed by atoms with Gasteiger partial charge in [-0.25, -0.2) is 13.2 Å². The lowest BCUT2D eigenvalue weighted by atomic mass is 10.1. The number of sulfonamides is 1. The van der Waals surface area contributed by atoms with Crippen LogP contribution in [-0.4, -0.2) is 75.4 Å². The standard InChI is InChI=1S/C21H26N4O7S/c1-13-18(21(28)32-10-9-31-3)14(2)23-19(13)20(27)24-15-5-4-6-16(11-15)33(29,30)25-8-7-22-17(26)12-25/h4-6,11,23H,7-10,12H2,1-3H3,(H,22,26)(H,24,27). The van der Waals surface area contributed by atoms with Crippen molar-refractivity contribution in [3.63, 3.8) is 0 Å². The fourth-order valence-corrected chi connectivity index (χ4v) is 4.91. The summed E-state index contributed by atoms with van der Waals surface area (Å²) in [6.07, 6.45) is 0. The number of benzene rings is 1. The maximum atomic E-state index is 12.9. The van der Waals surface area contributed by atoms with Gasteiger partial charge in [-0.1, -0.05) is 6.07 Å². The van der Waals surface area contributed by atoms with Crippen LogP contribution in [0, 0.1) is 13.8 Å². The SMILES string of the molecule is COCCOC(=O)c1c(C)[nH]c(C(=O)Nc2cccc(S(=O)(=O)N3CCNC(=O)C3)c2)c1C. The molecule has 0 aliphatic carbocycles. The Morgan fingerprint density at radius 1 is 1.21 bits per heavy atom. The summed E-state index contributed by atoms with van der Waals surface area (Å²) in [6, 6.07) is 5.77. The molecule has 0 bridgehead atoms. The van der Waals surface area contributed by atoms with Gasteiger partial charge in [0.2, 0.25) is 15.9 Å². The second kappa shape index (κ2) is 10.1. The third-order valence-corrected chi connectivity index (χ3v) is 6.96. The molecule has 3 N–H and O–H groups in total. The maximum Gasteiger partial charge on any atom is 0.340 e. The Bertz CT molecular complexity index is 1170. The summed E-state index contributed by atoms with van der Waals surface area (Å²) >= 11 is 0. The zero-order chi connectivity index (χ0) is 24.2. The first-order valence-electron chi connectivity index (χ1n) is 10.2. The molecule has 12 heteroatoms. The molecule has 2 aromatic rings. The van der Waals surface area contributed by atoms with E-state index in [1.807, 2.05) is 0 Å². The third kappa shape index (κ3) is 5.41. The van der Waals surface area contributed by atoms with Crippen molar-refractivity contribution in [2.45, 2.75) is 18.7 Å². The molecule has 1 aromatic heterocycles. The molecule has 3 rings (SSSR count). The Morgan fingerprint density at radius 2 is 1.97 bits per heavy atom. The van der Waals surface area contributed by atoms with Gasteiger partial charge in [0.15, 0.2) is 0 Å². The van der Waals surface area contributed by atoms with E-state index in [-0.39, 0.29) is 60.6 Å². The smallest absolute Gasteiger partial charge is 0.340 e. The van der Waals surface area contributed by atoms with Gasteiger partial charge >= 0.3 is 5.97 Å². The molecular formula is C21H26N4O7S. The number of methoxy groups -OCH3 is 1. The monoisotopic (exact) mass is 478 g/mol. The van der Waals surface area contributed by atoms with Crippen molar-refractivity contribution in [2.75, 3.05) is 45.3 Å². The predicted octanol–water partition coefficient (Wildman–Crippen LogP) is 0.808. The highest BCUT2D eigenvalue weighted by molar-refractivity contribution is 7.89. The fraction of sp³-hybridized carbons (Fsp3) is 0.381. The molecule has 0 radical (unpaired) electrons. The van der Waals surface area contributed by atoms with E-state index in [2.05, 4.69) is 15.6 Å². The van der Waals surface area contributed by atoms with Gasteiger partial charge in [-0.3, -0.25) is 9.59 Å². The van der Waals surface area contributed by atoms with Crippen molar-refractivity contribution in [3.05, 3.63) is 46.8 Å². The van der Waals surface area contributed by atoms with Crippen molar-refractivity contribution in [2.24, 2.45) is 0 Å². The van der Waals surface area contributed by atoms with Crippen LogP contribution in [0.15, 0.2) is 29.2 Å². The number of H-pyrrole nitrogens is 1. The first-order valence-corrected chi connectivity index (χ1v) is 11.6. The van der Waals surface area contributed by atoms with Crippen LogP contribution in [0.25, 0.3) is 0 Å². The van der Waals surface area contributed by atoms with Crippen LogP contribution in [0.5, 0.6) is 0 Å². The molecule has 1 aliphatic rings. The van der Waals surface area contributed by atoms with E-state index in [0.29, 0.717) is 11.3 Å². The number of nitrogens with one attached hydrogen (secondary N) is 3. The minimum absolute atomic E-state index is 0.0446. The van der Waals surface area contributed by atoms with E-state index in [9.17, 15) is 22.8 Å². The highest BCUT2D eigenvalue weighted by Crippen LogP contribution is 2.23. The number of hydrogen-bond acceptors (Lipinski definition) is 7. The molecule has 11 nitrogen and oxygen atoms in total. The molecule has 0 unspecified atom stereocenters. The Hall–Kier alpha value is -3.22. The number of hydrogen-bond donors (Lipinski definition) is 3. The van der Waals surface area contributed by atoms with Crippen LogP contribution in [0.3, 0.4) is 0 Å². The minimum Gasteiger partial charge on any atom is -0.460 e. The first-order chi connectivity index (χ1) is 15.6. The van der Waals surface area contributed by atoms with Gasteiger partial charge in [-0.2, -0.15) is 4.31 Å². The van der Waals surface area contributed by atoms with Gasteiger partial charge in [0, 0.05) is 31.6 Å². The van der Waals surface area contributed by atoms with Crippen LogP contribution >= 0.6 is 0 Å². The van der Waals surface area contributed by atoms with Crippen LogP contribution in [0.2, 0.25) is 0 Å². The third-order valence-electron chi connectivity index (χ3n) is 5.12. The van der Waals surface area contributed by atoms with Crippen molar-refractivity contribution < 1.29 is 32.3 Å². The lowest BCUT2D eigenvalue weighted by Crippen LogP contribution is -2.49. The number of rotatable bonds is 8. The van der Waals surface area contributed by atoms with Crippen molar-refractivity contribution in [1.82, 2.24) is 14.6 Å². The number of aromatic amines is 1. The zero-order valence-corrected chi connectivity index (χ0v) is 19.4. The molecule has 178 valence electrons. The van der Waals surface area contributed by atoms with Gasteiger partial charge in [0.25, 0.3) is 5.91 Å². The summed E-state index contributed by atoms with van der Waals surface area (Å²) in [7, 11) is -2.42. The number of aryl methyl sites for hydroxylation is 1. The fourth-order valence-electron chi connectivity index (χ4n) is 3.47. The average Bonchev–Trinajstić information content (AvgIpc) is 3.08. The van der Waals surface area contributed by atoms with E-state index in [0.717, 1.165) is 4.31 Å². The molecule has 1 aliphatic heterocycles. The largest absolute Gasteiger partial charge is 0.460 e. The number of amides is 2. The van der Waals surface area contributed by atoms with E-state index < -0.39 is 21.9 Å². The molecular weight excluding hydrogens is 452 g/mol. The number of piperazine rings is 1.